The van der Waals surface area contributed by atoms with Gasteiger partial charge in [-0.1, -0.05) is 12.1 Å². The van der Waals surface area contributed by atoms with Gasteiger partial charge >= 0.3 is 0 Å². The zero-order valence-electron chi connectivity index (χ0n) is 9.61. The van der Waals surface area contributed by atoms with E-state index in [4.69, 9.17) is 17.2 Å². The van der Waals surface area contributed by atoms with Crippen LogP contribution in [0.3, 0.4) is 0 Å². The zero-order chi connectivity index (χ0) is 13.5. The number of non-ortho nitro benzene ring substituents is 1. The highest BCUT2D eigenvalue weighted by Crippen LogP contribution is 2.13. The summed E-state index contributed by atoms with van der Waals surface area (Å²) < 4.78 is 0. The summed E-state index contributed by atoms with van der Waals surface area (Å²) in [6.07, 6.45) is 0. The second-order valence-corrected chi connectivity index (χ2v) is 3.52. The van der Waals surface area contributed by atoms with E-state index in [-0.39, 0.29) is 5.69 Å². The molecule has 6 nitrogen and oxygen atoms in total. The van der Waals surface area contributed by atoms with Crippen molar-refractivity contribution in [3.05, 3.63) is 58.6 Å². The molecule has 0 amide bonds. The predicted octanol–water partition coefficient (Wildman–Crippen LogP) is 2.03. The van der Waals surface area contributed by atoms with Crippen LogP contribution in [0.2, 0.25) is 0 Å². The molecule has 0 aliphatic rings. The maximum Gasteiger partial charge on any atom is 0.271 e. The molecule has 18 heavy (non-hydrogen) atoms. The third-order valence-electron chi connectivity index (χ3n) is 1.99. The van der Waals surface area contributed by atoms with Crippen molar-refractivity contribution in [2.75, 3.05) is 17.2 Å². The van der Waals surface area contributed by atoms with Crippen molar-refractivity contribution in [2.24, 2.45) is 0 Å². The van der Waals surface area contributed by atoms with Gasteiger partial charge in [-0.2, -0.15) is 0 Å². The molecule has 94 valence electrons. The van der Waals surface area contributed by atoms with Crippen molar-refractivity contribution in [3.63, 3.8) is 0 Å². The third-order valence-corrected chi connectivity index (χ3v) is 1.99. The van der Waals surface area contributed by atoms with Gasteiger partial charge in [0.05, 0.1) is 4.92 Å². The van der Waals surface area contributed by atoms with E-state index in [1.54, 1.807) is 30.3 Å². The first-order valence-corrected chi connectivity index (χ1v) is 5.10. The summed E-state index contributed by atoms with van der Waals surface area (Å²) in [6.45, 7) is 0. The second-order valence-electron chi connectivity index (χ2n) is 3.52. The number of anilines is 3. The van der Waals surface area contributed by atoms with Gasteiger partial charge in [-0.3, -0.25) is 10.1 Å². The molecule has 0 bridgehead atoms. The molecule has 2 aromatic rings. The van der Waals surface area contributed by atoms with Gasteiger partial charge in [0.1, 0.15) is 0 Å². The van der Waals surface area contributed by atoms with Crippen LogP contribution in [0.15, 0.2) is 48.5 Å². The van der Waals surface area contributed by atoms with Crippen LogP contribution in [-0.4, -0.2) is 4.92 Å². The minimum atomic E-state index is -0.476. The van der Waals surface area contributed by atoms with Gasteiger partial charge in [-0.25, -0.2) is 0 Å². The van der Waals surface area contributed by atoms with Crippen molar-refractivity contribution in [1.29, 1.82) is 0 Å². The Hall–Kier alpha value is -2.76. The molecule has 6 heteroatoms. The van der Waals surface area contributed by atoms with E-state index in [9.17, 15) is 10.1 Å². The molecule has 2 aromatic carbocycles. The van der Waals surface area contributed by atoms with Crippen LogP contribution >= 0.6 is 0 Å². The van der Waals surface area contributed by atoms with Gasteiger partial charge in [-0.15, -0.1) is 0 Å². The average molecular weight is 246 g/mol. The predicted molar refractivity (Wildman–Crippen MR) is 72.8 cm³/mol. The van der Waals surface area contributed by atoms with E-state index in [1.807, 2.05) is 6.07 Å². The van der Waals surface area contributed by atoms with Gasteiger partial charge in [0.15, 0.2) is 0 Å². The van der Waals surface area contributed by atoms with E-state index >= 15 is 0 Å². The van der Waals surface area contributed by atoms with Crippen molar-refractivity contribution in [1.82, 2.24) is 0 Å². The van der Waals surface area contributed by atoms with Crippen molar-refractivity contribution < 1.29 is 4.92 Å². The van der Waals surface area contributed by atoms with Crippen LogP contribution in [0.4, 0.5) is 22.7 Å². The molecule has 0 saturated heterocycles. The Bertz CT molecular complexity index is 526. The lowest BCUT2D eigenvalue weighted by Gasteiger charge is -1.91. The molecule has 0 radical (unpaired) electrons. The van der Waals surface area contributed by atoms with Crippen LogP contribution in [0.1, 0.15) is 0 Å². The molecule has 0 aliphatic carbocycles. The number of rotatable bonds is 1. The first-order chi connectivity index (χ1) is 8.49. The molecule has 0 saturated carbocycles. The smallest absolute Gasteiger partial charge is 0.271 e. The van der Waals surface area contributed by atoms with E-state index in [1.165, 1.54) is 12.1 Å². The fourth-order valence-corrected chi connectivity index (χ4v) is 1.20. The quantitative estimate of drug-likeness (QED) is 0.403. The molecular weight excluding hydrogens is 232 g/mol. The van der Waals surface area contributed by atoms with E-state index < -0.39 is 4.92 Å². The highest BCUT2D eigenvalue weighted by Gasteiger charge is 2.02. The van der Waals surface area contributed by atoms with Gasteiger partial charge in [0.2, 0.25) is 0 Å². The molecule has 0 aromatic heterocycles. The van der Waals surface area contributed by atoms with Crippen LogP contribution in [-0.2, 0) is 0 Å². The molecule has 2 rings (SSSR count). The van der Waals surface area contributed by atoms with Gasteiger partial charge < -0.3 is 17.2 Å². The molecule has 0 unspecified atom stereocenters. The molecule has 0 atom stereocenters. The number of hydrogen-bond acceptors (Lipinski definition) is 5. The fraction of sp³-hybridized carbons (Fsp3) is 0. The lowest BCUT2D eigenvalue weighted by Crippen LogP contribution is -1.89. The zero-order valence-corrected chi connectivity index (χ0v) is 9.61. The first-order valence-electron chi connectivity index (χ1n) is 5.10. The minimum Gasteiger partial charge on any atom is -0.399 e. The Labute approximate surface area is 104 Å². The number of nitro benzene ring substituents is 1. The Kier molecular flexibility index (Phi) is 4.50. The highest BCUT2D eigenvalue weighted by atomic mass is 16.6. The summed E-state index contributed by atoms with van der Waals surface area (Å²) in [7, 11) is 0. The lowest BCUT2D eigenvalue weighted by atomic mass is 10.3. The van der Waals surface area contributed by atoms with E-state index in [0.717, 1.165) is 0 Å². The number of nitrogen functional groups attached to an aromatic ring is 3. The Morgan fingerprint density at radius 3 is 1.56 bits per heavy atom. The van der Waals surface area contributed by atoms with Gasteiger partial charge in [-0.05, 0) is 24.3 Å². The van der Waals surface area contributed by atoms with Crippen LogP contribution < -0.4 is 17.2 Å². The van der Waals surface area contributed by atoms with Crippen molar-refractivity contribution in [3.8, 4) is 0 Å². The van der Waals surface area contributed by atoms with Crippen LogP contribution in [0.25, 0.3) is 0 Å². The molecule has 0 aliphatic heterocycles. The maximum absolute atomic E-state index is 10.1. The monoisotopic (exact) mass is 246 g/mol. The first kappa shape index (κ1) is 13.3. The number of hydrogen-bond donors (Lipinski definition) is 3. The molecule has 0 spiro atoms. The normalized spacial score (nSPS) is 9.11. The topological polar surface area (TPSA) is 121 Å². The Morgan fingerprint density at radius 2 is 1.28 bits per heavy atom. The summed E-state index contributed by atoms with van der Waals surface area (Å²) in [5.74, 6) is 0. The van der Waals surface area contributed by atoms with Crippen molar-refractivity contribution in [2.45, 2.75) is 0 Å². The van der Waals surface area contributed by atoms with Crippen LogP contribution in [0, 0.1) is 10.1 Å². The lowest BCUT2D eigenvalue weighted by molar-refractivity contribution is -0.384. The summed E-state index contributed by atoms with van der Waals surface area (Å²) in [4.78, 5) is 9.63. The Morgan fingerprint density at radius 1 is 0.833 bits per heavy atom. The summed E-state index contributed by atoms with van der Waals surface area (Å²) in [6, 6.07) is 13.0. The molecular formula is C12H14N4O2. The number of nitrogens with two attached hydrogens (primary N) is 3. The molecule has 0 fully saturated rings. The highest BCUT2D eigenvalue weighted by molar-refractivity contribution is 5.50. The van der Waals surface area contributed by atoms with Crippen molar-refractivity contribution >= 4 is 22.7 Å². The number of benzene rings is 2. The molecule has 6 N–H and O–H groups in total. The van der Waals surface area contributed by atoms with Gasteiger partial charge in [0.25, 0.3) is 5.69 Å². The molecule has 0 heterocycles. The standard InChI is InChI=1S/C6H6N2O2.C6H8N2/c7-5-2-1-3-6(4-5)8(9)10;7-5-2-1-3-6(8)4-5/h1-4H,7H2;1-4H,7-8H2. The van der Waals surface area contributed by atoms with Gasteiger partial charge in [0, 0.05) is 29.2 Å². The average Bonchev–Trinajstić information content (AvgIpc) is 2.29. The fourth-order valence-electron chi connectivity index (χ4n) is 1.20. The third kappa shape index (κ3) is 4.40. The van der Waals surface area contributed by atoms with Crippen LogP contribution in [0.5, 0.6) is 0 Å². The Balaban J connectivity index is 0.000000184. The summed E-state index contributed by atoms with van der Waals surface area (Å²) in [5, 5.41) is 10.1. The van der Waals surface area contributed by atoms with E-state index in [0.29, 0.717) is 17.1 Å². The SMILES string of the molecule is Nc1cccc(N)c1.Nc1cccc([N+](=O)[O-])c1. The summed E-state index contributed by atoms with van der Waals surface area (Å²) >= 11 is 0. The largest absolute Gasteiger partial charge is 0.399 e. The maximum atomic E-state index is 10.1. The number of nitro groups is 1. The summed E-state index contributed by atoms with van der Waals surface area (Å²) in [5.41, 5.74) is 17.9. The minimum absolute atomic E-state index is 0.0278. The van der Waals surface area contributed by atoms with E-state index in [2.05, 4.69) is 0 Å². The second kappa shape index (κ2) is 6.09. The number of nitrogens with zero attached hydrogens (tertiary/aromatic N) is 1.